The van der Waals surface area contributed by atoms with E-state index in [0.717, 1.165) is 12.0 Å². The van der Waals surface area contributed by atoms with Crippen LogP contribution in [0.4, 0.5) is 10.1 Å². The molecule has 102 valence electrons. The lowest BCUT2D eigenvalue weighted by Gasteiger charge is -2.10. The van der Waals surface area contributed by atoms with E-state index in [2.05, 4.69) is 13.8 Å². The van der Waals surface area contributed by atoms with E-state index < -0.39 is 5.82 Å². The van der Waals surface area contributed by atoms with Crippen LogP contribution in [0.2, 0.25) is 0 Å². The summed E-state index contributed by atoms with van der Waals surface area (Å²) in [6.07, 6.45) is 1.02. The summed E-state index contributed by atoms with van der Waals surface area (Å²) < 4.78 is 24.2. The first-order chi connectivity index (χ1) is 8.50. The summed E-state index contributed by atoms with van der Waals surface area (Å²) in [4.78, 5) is 0. The lowest BCUT2D eigenvalue weighted by Crippen LogP contribution is -2.09. The molecule has 0 saturated carbocycles. The summed E-state index contributed by atoms with van der Waals surface area (Å²) in [6.45, 7) is 7.64. The van der Waals surface area contributed by atoms with Crippen LogP contribution in [0.1, 0.15) is 25.8 Å². The second kappa shape index (κ2) is 7.21. The second-order valence-electron chi connectivity index (χ2n) is 4.78. The van der Waals surface area contributed by atoms with Crippen molar-refractivity contribution < 1.29 is 13.9 Å². The van der Waals surface area contributed by atoms with Gasteiger partial charge in [0.15, 0.2) is 11.6 Å². The number of ether oxygens (including phenoxy) is 2. The number of aryl methyl sites for hydroxylation is 1. The van der Waals surface area contributed by atoms with Gasteiger partial charge in [0.25, 0.3) is 0 Å². The Morgan fingerprint density at radius 3 is 2.61 bits per heavy atom. The highest BCUT2D eigenvalue weighted by atomic mass is 19.1. The minimum Gasteiger partial charge on any atom is -0.488 e. The Morgan fingerprint density at radius 2 is 1.94 bits per heavy atom. The smallest absolute Gasteiger partial charge is 0.167 e. The third-order valence-electron chi connectivity index (χ3n) is 2.65. The summed E-state index contributed by atoms with van der Waals surface area (Å²) in [5, 5.41) is 0. The van der Waals surface area contributed by atoms with E-state index in [9.17, 15) is 4.39 Å². The van der Waals surface area contributed by atoms with Crippen LogP contribution in [-0.4, -0.2) is 19.8 Å². The van der Waals surface area contributed by atoms with Gasteiger partial charge in [0.1, 0.15) is 6.61 Å². The number of hydrogen-bond donors (Lipinski definition) is 1. The van der Waals surface area contributed by atoms with Crippen molar-refractivity contribution in [3.05, 3.63) is 23.5 Å². The Bertz CT molecular complexity index is 380. The fraction of sp³-hybridized carbons (Fsp3) is 0.571. The molecule has 0 aliphatic rings. The quantitative estimate of drug-likeness (QED) is 0.601. The van der Waals surface area contributed by atoms with Crippen LogP contribution in [0.25, 0.3) is 0 Å². The van der Waals surface area contributed by atoms with Crippen molar-refractivity contribution in [2.75, 3.05) is 25.6 Å². The molecule has 0 aliphatic carbocycles. The summed E-state index contributed by atoms with van der Waals surface area (Å²) in [5.41, 5.74) is 6.84. The van der Waals surface area contributed by atoms with Gasteiger partial charge < -0.3 is 15.2 Å². The molecule has 0 saturated heterocycles. The lowest BCUT2D eigenvalue weighted by molar-refractivity contribution is 0.0913. The van der Waals surface area contributed by atoms with Crippen LogP contribution in [0, 0.1) is 18.7 Å². The van der Waals surface area contributed by atoms with E-state index in [1.807, 2.05) is 6.92 Å². The van der Waals surface area contributed by atoms with E-state index in [-0.39, 0.29) is 5.75 Å². The fourth-order valence-corrected chi connectivity index (χ4v) is 1.41. The normalized spacial score (nSPS) is 10.9. The van der Waals surface area contributed by atoms with E-state index in [0.29, 0.717) is 31.4 Å². The minimum absolute atomic E-state index is 0.231. The van der Waals surface area contributed by atoms with Crippen molar-refractivity contribution in [1.82, 2.24) is 0 Å². The van der Waals surface area contributed by atoms with E-state index in [4.69, 9.17) is 15.2 Å². The molecular weight excluding hydrogens is 233 g/mol. The van der Waals surface area contributed by atoms with Crippen LogP contribution in [0.5, 0.6) is 5.75 Å². The number of nitrogen functional groups attached to an aromatic ring is 1. The van der Waals surface area contributed by atoms with Crippen LogP contribution in [-0.2, 0) is 4.74 Å². The molecule has 0 aromatic heterocycles. The molecule has 0 bridgehead atoms. The largest absolute Gasteiger partial charge is 0.488 e. The zero-order chi connectivity index (χ0) is 13.5. The summed E-state index contributed by atoms with van der Waals surface area (Å²) in [7, 11) is 0. The third-order valence-corrected chi connectivity index (χ3v) is 2.65. The third kappa shape index (κ3) is 4.92. The second-order valence-corrected chi connectivity index (χ2v) is 4.78. The molecule has 0 fully saturated rings. The molecule has 0 atom stereocenters. The van der Waals surface area contributed by atoms with Crippen LogP contribution < -0.4 is 10.5 Å². The van der Waals surface area contributed by atoms with Gasteiger partial charge in [-0.1, -0.05) is 13.8 Å². The molecule has 0 radical (unpaired) electrons. The molecule has 0 amide bonds. The van der Waals surface area contributed by atoms with E-state index >= 15 is 0 Å². The maximum absolute atomic E-state index is 13.5. The molecule has 1 aromatic carbocycles. The van der Waals surface area contributed by atoms with Crippen molar-refractivity contribution in [1.29, 1.82) is 0 Å². The first-order valence-corrected chi connectivity index (χ1v) is 6.27. The van der Waals surface area contributed by atoms with Crippen molar-refractivity contribution in [2.24, 2.45) is 5.92 Å². The van der Waals surface area contributed by atoms with Crippen LogP contribution in [0.3, 0.4) is 0 Å². The number of nitrogens with two attached hydrogens (primary N) is 1. The monoisotopic (exact) mass is 255 g/mol. The highest BCUT2D eigenvalue weighted by Crippen LogP contribution is 2.23. The topological polar surface area (TPSA) is 44.5 Å². The number of rotatable bonds is 7. The molecule has 1 rings (SSSR count). The zero-order valence-corrected chi connectivity index (χ0v) is 11.3. The van der Waals surface area contributed by atoms with Gasteiger partial charge in [0, 0.05) is 18.4 Å². The van der Waals surface area contributed by atoms with Gasteiger partial charge in [-0.25, -0.2) is 4.39 Å². The van der Waals surface area contributed by atoms with Gasteiger partial charge in [0.05, 0.1) is 6.61 Å². The SMILES string of the molecule is Cc1cc(OCCOCCC(C)C)c(F)cc1N. The highest BCUT2D eigenvalue weighted by Gasteiger charge is 2.06. The fourth-order valence-electron chi connectivity index (χ4n) is 1.41. The molecule has 0 heterocycles. The maximum atomic E-state index is 13.5. The van der Waals surface area contributed by atoms with Gasteiger partial charge in [-0.05, 0) is 30.9 Å². The molecule has 1 aromatic rings. The van der Waals surface area contributed by atoms with Gasteiger partial charge in [-0.3, -0.25) is 0 Å². The van der Waals surface area contributed by atoms with Gasteiger partial charge in [-0.2, -0.15) is 0 Å². The molecule has 0 unspecified atom stereocenters. The number of benzene rings is 1. The van der Waals surface area contributed by atoms with E-state index in [1.165, 1.54) is 6.07 Å². The Labute approximate surface area is 108 Å². The Balaban J connectivity index is 2.29. The standard InChI is InChI=1S/C14H22FNO2/c1-10(2)4-5-17-6-7-18-14-8-11(3)13(16)9-12(14)15/h8-10H,4-7,16H2,1-3H3. The predicted molar refractivity (Wildman–Crippen MR) is 71.3 cm³/mol. The molecule has 3 nitrogen and oxygen atoms in total. The molecule has 2 N–H and O–H groups in total. The van der Waals surface area contributed by atoms with Crippen LogP contribution in [0.15, 0.2) is 12.1 Å². The first-order valence-electron chi connectivity index (χ1n) is 6.27. The lowest BCUT2D eigenvalue weighted by atomic mass is 10.1. The molecule has 0 spiro atoms. The summed E-state index contributed by atoms with van der Waals surface area (Å²) >= 11 is 0. The average Bonchev–Trinajstić information content (AvgIpc) is 2.29. The number of anilines is 1. The van der Waals surface area contributed by atoms with Crippen LogP contribution >= 0.6 is 0 Å². The average molecular weight is 255 g/mol. The molecule has 0 aliphatic heterocycles. The first kappa shape index (κ1) is 14.8. The van der Waals surface area contributed by atoms with E-state index in [1.54, 1.807) is 6.07 Å². The zero-order valence-electron chi connectivity index (χ0n) is 11.3. The summed E-state index contributed by atoms with van der Waals surface area (Å²) in [5.74, 6) is 0.428. The Hall–Kier alpha value is -1.29. The van der Waals surface area contributed by atoms with Crippen molar-refractivity contribution in [3.63, 3.8) is 0 Å². The summed E-state index contributed by atoms with van der Waals surface area (Å²) in [6, 6.07) is 2.89. The Kier molecular flexibility index (Phi) is 5.92. The minimum atomic E-state index is -0.430. The maximum Gasteiger partial charge on any atom is 0.167 e. The van der Waals surface area contributed by atoms with Gasteiger partial charge in [-0.15, -0.1) is 0 Å². The van der Waals surface area contributed by atoms with Gasteiger partial charge in [0.2, 0.25) is 0 Å². The molecule has 4 heteroatoms. The molecular formula is C14H22FNO2. The Morgan fingerprint density at radius 1 is 1.22 bits per heavy atom. The predicted octanol–water partition coefficient (Wildman–Crippen LogP) is 3.16. The van der Waals surface area contributed by atoms with Gasteiger partial charge >= 0.3 is 0 Å². The highest BCUT2D eigenvalue weighted by molar-refractivity contribution is 5.50. The van der Waals surface area contributed by atoms with Crippen molar-refractivity contribution >= 4 is 5.69 Å². The number of hydrogen-bond acceptors (Lipinski definition) is 3. The molecule has 18 heavy (non-hydrogen) atoms. The number of halogens is 1. The van der Waals surface area contributed by atoms with Crippen molar-refractivity contribution in [3.8, 4) is 5.75 Å². The van der Waals surface area contributed by atoms with Crippen molar-refractivity contribution in [2.45, 2.75) is 27.2 Å².